The minimum Gasteiger partial charge on any atom is -0.481 e. The number of hydrogen-bond donors (Lipinski definition) is 3. The van der Waals surface area contributed by atoms with E-state index in [1.165, 1.54) is 24.4 Å². The van der Waals surface area contributed by atoms with Gasteiger partial charge < -0.3 is 15.5 Å². The van der Waals surface area contributed by atoms with Gasteiger partial charge in [0.1, 0.15) is 16.3 Å². The zero-order valence-corrected chi connectivity index (χ0v) is 23.2. The summed E-state index contributed by atoms with van der Waals surface area (Å²) in [5, 5.41) is 24.2. The summed E-state index contributed by atoms with van der Waals surface area (Å²) in [5.74, 6) is -4.08. The van der Waals surface area contributed by atoms with Crippen LogP contribution in [0.25, 0.3) is 21.6 Å². The highest BCUT2D eigenvalue weighted by Crippen LogP contribution is 2.51. The Hall–Kier alpha value is -3.97. The Morgan fingerprint density at radius 1 is 1.10 bits per heavy atom. The Labute approximate surface area is 241 Å². The largest absolute Gasteiger partial charge is 0.481 e. The highest BCUT2D eigenvalue weighted by molar-refractivity contribution is 7.15. The van der Waals surface area contributed by atoms with E-state index in [0.717, 1.165) is 29.7 Å². The van der Waals surface area contributed by atoms with Crippen LogP contribution in [0.1, 0.15) is 43.8 Å². The number of thiazole rings is 1. The minimum atomic E-state index is -4.70. The van der Waals surface area contributed by atoms with E-state index in [0.29, 0.717) is 15.4 Å². The third-order valence-corrected chi connectivity index (χ3v) is 8.66. The van der Waals surface area contributed by atoms with Crippen LogP contribution in [-0.4, -0.2) is 31.1 Å². The summed E-state index contributed by atoms with van der Waals surface area (Å²) in [6, 6.07) is 8.96. The molecule has 3 N–H and O–H groups in total. The first-order chi connectivity index (χ1) is 19.7. The maximum atomic E-state index is 14.8. The molecule has 0 saturated heterocycles. The lowest BCUT2D eigenvalue weighted by Gasteiger charge is -2.44. The molecule has 220 valence electrons. The molecule has 2 aromatic carbocycles. The molecule has 2 atom stereocenters. The second-order valence-corrected chi connectivity index (χ2v) is 12.0. The van der Waals surface area contributed by atoms with Gasteiger partial charge in [0.15, 0.2) is 11.6 Å². The quantitative estimate of drug-likeness (QED) is 0.197. The number of aliphatic carboxylic acids is 1. The zero-order chi connectivity index (χ0) is 30.4. The number of benzene rings is 2. The number of halogens is 5. The number of carbonyl (C=O) groups is 1. The summed E-state index contributed by atoms with van der Waals surface area (Å²) < 4.78 is 68.5. The van der Waals surface area contributed by atoms with Gasteiger partial charge >= 0.3 is 12.1 Å². The molecule has 1 aliphatic rings. The number of carboxylic acids is 1. The fourth-order valence-electron chi connectivity index (χ4n) is 5.43. The Morgan fingerprint density at radius 2 is 1.83 bits per heavy atom. The molecule has 2 heterocycles. The number of aromatic nitrogens is 3. The number of hydrogen-bond acceptors (Lipinski definition) is 7. The molecule has 2 aromatic heterocycles. The van der Waals surface area contributed by atoms with Crippen molar-refractivity contribution in [1.29, 1.82) is 0 Å². The molecule has 0 unspecified atom stereocenters. The molecule has 4 aromatic rings. The lowest BCUT2D eigenvalue weighted by Crippen LogP contribution is -2.44. The monoisotopic (exact) mass is 604 g/mol. The van der Waals surface area contributed by atoms with Crippen molar-refractivity contribution < 1.29 is 37.0 Å². The van der Waals surface area contributed by atoms with Gasteiger partial charge in [-0.25, -0.2) is 23.7 Å². The van der Waals surface area contributed by atoms with Gasteiger partial charge in [-0.3, -0.25) is 4.79 Å². The maximum absolute atomic E-state index is 14.8. The molecule has 1 aliphatic carbocycles. The van der Waals surface area contributed by atoms with Gasteiger partial charge in [-0.15, -0.1) is 11.3 Å². The van der Waals surface area contributed by atoms with Gasteiger partial charge in [-0.2, -0.15) is 13.2 Å². The van der Waals surface area contributed by atoms with Gasteiger partial charge in [0.2, 0.25) is 5.95 Å². The van der Waals surface area contributed by atoms with Crippen molar-refractivity contribution in [3.05, 3.63) is 77.2 Å². The van der Waals surface area contributed by atoms with Gasteiger partial charge in [-0.1, -0.05) is 26.0 Å². The van der Waals surface area contributed by atoms with E-state index in [1.54, 1.807) is 26.0 Å². The fourth-order valence-corrected chi connectivity index (χ4v) is 6.45. The molecule has 5 rings (SSSR count). The van der Waals surface area contributed by atoms with Crippen LogP contribution in [0, 0.1) is 23.0 Å². The Kier molecular flexibility index (Phi) is 7.52. The van der Waals surface area contributed by atoms with Crippen molar-refractivity contribution >= 4 is 28.9 Å². The van der Waals surface area contributed by atoms with Crippen LogP contribution in [0.2, 0.25) is 0 Å². The summed E-state index contributed by atoms with van der Waals surface area (Å²) in [6.07, 6.45) is -1.64. The van der Waals surface area contributed by atoms with Gasteiger partial charge in [0.25, 0.3) is 0 Å². The third-order valence-electron chi connectivity index (χ3n) is 7.42. The smallest absolute Gasteiger partial charge is 0.433 e. The van der Waals surface area contributed by atoms with Crippen LogP contribution in [-0.2, 0) is 16.6 Å². The number of rotatable bonds is 6. The van der Waals surface area contributed by atoms with Gasteiger partial charge in [0, 0.05) is 23.6 Å². The maximum Gasteiger partial charge on any atom is 0.433 e. The van der Waals surface area contributed by atoms with Crippen molar-refractivity contribution in [3.63, 3.8) is 0 Å². The molecule has 7 nitrogen and oxygen atoms in total. The molecule has 42 heavy (non-hydrogen) atoms. The predicted molar refractivity (Wildman–Crippen MR) is 146 cm³/mol. The van der Waals surface area contributed by atoms with Crippen molar-refractivity contribution in [3.8, 4) is 21.6 Å². The van der Waals surface area contributed by atoms with Crippen molar-refractivity contribution in [2.75, 3.05) is 5.32 Å². The summed E-state index contributed by atoms with van der Waals surface area (Å²) in [5.41, 5.74) is -2.45. The molecule has 1 fully saturated rings. The lowest BCUT2D eigenvalue weighted by atomic mass is 9.63. The second-order valence-electron chi connectivity index (χ2n) is 10.9. The van der Waals surface area contributed by atoms with E-state index in [2.05, 4.69) is 20.3 Å². The van der Waals surface area contributed by atoms with Crippen molar-refractivity contribution in [1.82, 2.24) is 15.0 Å². The van der Waals surface area contributed by atoms with E-state index < -0.39 is 46.4 Å². The van der Waals surface area contributed by atoms with Crippen LogP contribution >= 0.6 is 11.3 Å². The van der Waals surface area contributed by atoms with Crippen molar-refractivity contribution in [2.24, 2.45) is 11.3 Å². The Balaban J connectivity index is 1.55. The van der Waals surface area contributed by atoms with Gasteiger partial charge in [-0.05, 0) is 66.1 Å². The summed E-state index contributed by atoms with van der Waals surface area (Å²) in [7, 11) is 0. The molecule has 0 radical (unpaired) electrons. The van der Waals surface area contributed by atoms with Crippen LogP contribution in [0.5, 0.6) is 0 Å². The number of alkyl halides is 3. The number of nitrogens with zero attached hydrogens (tertiary/aromatic N) is 3. The minimum absolute atomic E-state index is 0.0815. The SMILES string of the molecule is CC1(C)C[C@@](O)(c2ncc(-c3cc(Nc4nccc(C(F)(F)F)n4)cc(-c4cccc(F)c4F)c3)s2)CC[C@@H]1C(=O)O. The Morgan fingerprint density at radius 3 is 2.52 bits per heavy atom. The standard InChI is InChI=1S/C29H25F5N4O3S/c1-27(2)14-28(41,8-6-19(27)24(39)40)25-36-13-21(42-25)16-10-15(18-4-3-5-20(30)23(18)31)11-17(12-16)37-26-35-9-7-22(38-26)29(32,33)34/h3-5,7,9-13,19,41H,6,8,14H2,1-2H3,(H,39,40)(H,35,37,38)/t19-,28-/m1/s1. The average molecular weight is 605 g/mol. The molecule has 13 heteroatoms. The topological polar surface area (TPSA) is 108 Å². The normalized spacial score (nSPS) is 20.3. The van der Waals surface area contributed by atoms with Crippen LogP contribution < -0.4 is 5.32 Å². The average Bonchev–Trinajstić information content (AvgIpc) is 3.41. The van der Waals surface area contributed by atoms with E-state index >= 15 is 0 Å². The molecule has 0 amide bonds. The molecule has 0 aliphatic heterocycles. The van der Waals surface area contributed by atoms with Crippen molar-refractivity contribution in [2.45, 2.75) is 44.9 Å². The van der Waals surface area contributed by atoms with E-state index in [4.69, 9.17) is 0 Å². The van der Waals surface area contributed by atoms with E-state index in [9.17, 15) is 37.0 Å². The molecule has 0 spiro atoms. The van der Waals surface area contributed by atoms with Gasteiger partial charge in [0.05, 0.1) is 10.8 Å². The van der Waals surface area contributed by atoms with Crippen LogP contribution in [0.4, 0.5) is 33.6 Å². The first-order valence-electron chi connectivity index (χ1n) is 12.8. The summed E-state index contributed by atoms with van der Waals surface area (Å²) in [4.78, 5) is 24.0. The number of carboxylic acid groups (broad SMARTS) is 1. The first-order valence-corrected chi connectivity index (χ1v) is 13.7. The highest BCUT2D eigenvalue weighted by Gasteiger charge is 2.49. The predicted octanol–water partition coefficient (Wildman–Crippen LogP) is 7.41. The molecular formula is C29H25F5N4O3S. The van der Waals surface area contributed by atoms with E-state index in [-0.39, 0.29) is 42.0 Å². The molecular weight excluding hydrogens is 579 g/mol. The highest BCUT2D eigenvalue weighted by atomic mass is 32.1. The Bertz CT molecular complexity index is 1660. The zero-order valence-electron chi connectivity index (χ0n) is 22.3. The summed E-state index contributed by atoms with van der Waals surface area (Å²) in [6.45, 7) is 3.57. The lowest BCUT2D eigenvalue weighted by molar-refractivity contribution is -0.154. The van der Waals surface area contributed by atoms with Crippen LogP contribution in [0.3, 0.4) is 0 Å². The number of aliphatic hydroxyl groups is 1. The van der Waals surface area contributed by atoms with Crippen LogP contribution in [0.15, 0.2) is 54.9 Å². The number of anilines is 2. The third kappa shape index (κ3) is 5.84. The number of nitrogens with one attached hydrogen (secondary N) is 1. The first kappa shape index (κ1) is 29.5. The van der Waals surface area contributed by atoms with E-state index in [1.807, 2.05) is 0 Å². The molecule has 0 bridgehead atoms. The summed E-state index contributed by atoms with van der Waals surface area (Å²) >= 11 is 1.15. The second kappa shape index (κ2) is 10.7. The molecule has 1 saturated carbocycles. The fraction of sp³-hybridized carbons (Fsp3) is 0.310.